The summed E-state index contributed by atoms with van der Waals surface area (Å²) in [5, 5.41) is 7.32. The molecule has 1 saturated heterocycles. The quantitative estimate of drug-likeness (QED) is 0.776. The monoisotopic (exact) mass is 380 g/mol. The molecule has 3 rings (SSSR count). The number of hydrogen-bond donors (Lipinski definition) is 1. The van der Waals surface area contributed by atoms with E-state index in [1.807, 2.05) is 52.1 Å². The van der Waals surface area contributed by atoms with Crippen molar-refractivity contribution in [1.82, 2.24) is 14.7 Å². The third kappa shape index (κ3) is 4.88. The predicted molar refractivity (Wildman–Crippen MR) is 111 cm³/mol. The molecule has 6 nitrogen and oxygen atoms in total. The Morgan fingerprint density at radius 2 is 1.93 bits per heavy atom. The van der Waals surface area contributed by atoms with E-state index in [2.05, 4.69) is 24.3 Å². The minimum Gasteiger partial charge on any atom is -0.339 e. The van der Waals surface area contributed by atoms with E-state index in [0.717, 1.165) is 17.8 Å². The lowest BCUT2D eigenvalue weighted by molar-refractivity contribution is -0.130. The first-order chi connectivity index (χ1) is 13.6. The van der Waals surface area contributed by atoms with Crippen molar-refractivity contribution < 1.29 is 9.59 Å². The smallest absolute Gasteiger partial charge is 0.246 e. The largest absolute Gasteiger partial charge is 0.339 e. The van der Waals surface area contributed by atoms with Crippen molar-refractivity contribution in [3.63, 3.8) is 0 Å². The molecule has 1 aromatic carbocycles. The summed E-state index contributed by atoms with van der Waals surface area (Å²) in [5.74, 6) is 0.667. The zero-order valence-corrected chi connectivity index (χ0v) is 16.5. The number of aromatic nitrogens is 2. The molecule has 2 heterocycles. The standard InChI is InChI=1S/C22H28N4O2/c1-3-17(2)26-20(11-14-23-26)24-22(28)19-12-15-25(16-13-19)21(27)10-9-18-7-5-4-6-8-18/h4-11,14,17,19H,3,12-13,15-16H2,1-2H3,(H,24,28). The lowest BCUT2D eigenvalue weighted by atomic mass is 9.96. The maximum atomic E-state index is 12.6. The number of hydrogen-bond acceptors (Lipinski definition) is 3. The number of carbonyl (C=O) groups excluding carboxylic acids is 2. The van der Waals surface area contributed by atoms with Gasteiger partial charge < -0.3 is 10.2 Å². The Bertz CT molecular complexity index is 820. The number of anilines is 1. The van der Waals surface area contributed by atoms with Crippen LogP contribution in [-0.4, -0.2) is 39.6 Å². The molecule has 28 heavy (non-hydrogen) atoms. The molecule has 1 fully saturated rings. The average molecular weight is 380 g/mol. The molecular formula is C22H28N4O2. The first kappa shape index (κ1) is 19.9. The van der Waals surface area contributed by atoms with Crippen LogP contribution < -0.4 is 5.32 Å². The van der Waals surface area contributed by atoms with Gasteiger partial charge in [-0.2, -0.15) is 5.10 Å². The lowest BCUT2D eigenvalue weighted by Gasteiger charge is -2.30. The van der Waals surface area contributed by atoms with Gasteiger partial charge in [-0.15, -0.1) is 0 Å². The van der Waals surface area contributed by atoms with Gasteiger partial charge in [-0.25, -0.2) is 4.68 Å². The summed E-state index contributed by atoms with van der Waals surface area (Å²) in [6, 6.07) is 11.8. The number of rotatable bonds is 6. The van der Waals surface area contributed by atoms with Crippen LogP contribution in [0.3, 0.4) is 0 Å². The molecule has 1 N–H and O–H groups in total. The summed E-state index contributed by atoms with van der Waals surface area (Å²) < 4.78 is 1.85. The molecule has 148 valence electrons. The van der Waals surface area contributed by atoms with Crippen LogP contribution in [-0.2, 0) is 9.59 Å². The second-order valence-corrected chi connectivity index (χ2v) is 7.25. The van der Waals surface area contributed by atoms with Gasteiger partial charge in [0, 0.05) is 31.1 Å². The maximum Gasteiger partial charge on any atom is 0.246 e. The SMILES string of the molecule is CCC(C)n1nccc1NC(=O)C1CCN(C(=O)C=Cc2ccccc2)CC1. The van der Waals surface area contributed by atoms with Gasteiger partial charge in [0.25, 0.3) is 0 Å². The Kier molecular flexibility index (Phi) is 6.63. The third-order valence-electron chi connectivity index (χ3n) is 5.33. The van der Waals surface area contributed by atoms with Crippen LogP contribution in [0.15, 0.2) is 48.7 Å². The molecule has 1 unspecified atom stereocenters. The van der Waals surface area contributed by atoms with Gasteiger partial charge in [0.2, 0.25) is 11.8 Å². The van der Waals surface area contributed by atoms with Gasteiger partial charge >= 0.3 is 0 Å². The zero-order chi connectivity index (χ0) is 19.9. The number of piperidine rings is 1. The fourth-order valence-electron chi connectivity index (χ4n) is 3.36. The van der Waals surface area contributed by atoms with Gasteiger partial charge in [0.1, 0.15) is 5.82 Å². The van der Waals surface area contributed by atoms with Crippen LogP contribution in [0.5, 0.6) is 0 Å². The van der Waals surface area contributed by atoms with Crippen molar-refractivity contribution in [1.29, 1.82) is 0 Å². The minimum atomic E-state index is -0.0811. The second kappa shape index (κ2) is 9.35. The predicted octanol–water partition coefficient (Wildman–Crippen LogP) is 3.74. The van der Waals surface area contributed by atoms with Crippen LogP contribution in [0, 0.1) is 5.92 Å². The number of benzene rings is 1. The Morgan fingerprint density at radius 1 is 1.21 bits per heavy atom. The summed E-state index contributed by atoms with van der Waals surface area (Å²) in [5.41, 5.74) is 1.00. The van der Waals surface area contributed by atoms with Crippen LogP contribution in [0.25, 0.3) is 6.08 Å². The van der Waals surface area contributed by atoms with Gasteiger partial charge in [-0.05, 0) is 37.8 Å². The lowest BCUT2D eigenvalue weighted by Crippen LogP contribution is -2.41. The van der Waals surface area contributed by atoms with Gasteiger partial charge in [0.15, 0.2) is 0 Å². The number of nitrogens with one attached hydrogen (secondary N) is 1. The molecule has 0 radical (unpaired) electrons. The van der Waals surface area contributed by atoms with Crippen LogP contribution in [0.1, 0.15) is 44.7 Å². The molecule has 2 amide bonds. The molecule has 1 aromatic heterocycles. The molecule has 0 saturated carbocycles. The Labute approximate surface area is 166 Å². The topological polar surface area (TPSA) is 67.2 Å². The molecule has 1 aliphatic heterocycles. The van der Waals surface area contributed by atoms with E-state index < -0.39 is 0 Å². The highest BCUT2D eigenvalue weighted by atomic mass is 16.2. The van der Waals surface area contributed by atoms with E-state index in [1.165, 1.54) is 0 Å². The van der Waals surface area contributed by atoms with Crippen molar-refractivity contribution in [2.75, 3.05) is 18.4 Å². The Hall–Kier alpha value is -2.89. The van der Waals surface area contributed by atoms with Crippen molar-refractivity contribution >= 4 is 23.7 Å². The van der Waals surface area contributed by atoms with E-state index in [9.17, 15) is 9.59 Å². The maximum absolute atomic E-state index is 12.6. The number of nitrogens with zero attached hydrogens (tertiary/aromatic N) is 3. The summed E-state index contributed by atoms with van der Waals surface area (Å²) >= 11 is 0. The zero-order valence-electron chi connectivity index (χ0n) is 16.5. The molecule has 0 aliphatic carbocycles. The summed E-state index contributed by atoms with van der Waals surface area (Å²) in [4.78, 5) is 26.8. The van der Waals surface area contributed by atoms with Crippen LogP contribution >= 0.6 is 0 Å². The van der Waals surface area contributed by atoms with Crippen molar-refractivity contribution in [3.05, 3.63) is 54.2 Å². The fraction of sp³-hybridized carbons (Fsp3) is 0.409. The number of carbonyl (C=O) groups is 2. The van der Waals surface area contributed by atoms with E-state index in [4.69, 9.17) is 0 Å². The number of amides is 2. The van der Waals surface area contributed by atoms with Crippen LogP contribution in [0.2, 0.25) is 0 Å². The van der Waals surface area contributed by atoms with Gasteiger partial charge in [0.05, 0.1) is 12.2 Å². The van der Waals surface area contributed by atoms with Gasteiger partial charge in [-0.1, -0.05) is 37.3 Å². The summed E-state index contributed by atoms with van der Waals surface area (Å²) in [6.07, 6.45) is 7.45. The first-order valence-corrected chi connectivity index (χ1v) is 9.95. The first-order valence-electron chi connectivity index (χ1n) is 9.95. The van der Waals surface area contributed by atoms with E-state index in [1.54, 1.807) is 12.3 Å². The normalized spacial score (nSPS) is 16.3. The molecule has 0 spiro atoms. The highest BCUT2D eigenvalue weighted by Gasteiger charge is 2.27. The van der Waals surface area contributed by atoms with Crippen molar-refractivity contribution in [2.24, 2.45) is 5.92 Å². The molecule has 6 heteroatoms. The molecular weight excluding hydrogens is 352 g/mol. The summed E-state index contributed by atoms with van der Waals surface area (Å²) in [7, 11) is 0. The third-order valence-corrected chi connectivity index (χ3v) is 5.33. The second-order valence-electron chi connectivity index (χ2n) is 7.25. The molecule has 0 bridgehead atoms. The Morgan fingerprint density at radius 3 is 2.61 bits per heavy atom. The minimum absolute atomic E-state index is 0.00226. The van der Waals surface area contributed by atoms with E-state index in [0.29, 0.717) is 25.9 Å². The van der Waals surface area contributed by atoms with Crippen molar-refractivity contribution in [3.8, 4) is 0 Å². The number of likely N-dealkylation sites (tertiary alicyclic amines) is 1. The highest BCUT2D eigenvalue weighted by Crippen LogP contribution is 2.22. The van der Waals surface area contributed by atoms with E-state index >= 15 is 0 Å². The van der Waals surface area contributed by atoms with E-state index in [-0.39, 0.29) is 23.8 Å². The molecule has 1 aliphatic rings. The molecule has 2 aromatic rings. The van der Waals surface area contributed by atoms with Gasteiger partial charge in [-0.3, -0.25) is 9.59 Å². The highest BCUT2D eigenvalue weighted by molar-refractivity contribution is 5.93. The molecule has 1 atom stereocenters. The Balaban J connectivity index is 1.51. The summed E-state index contributed by atoms with van der Waals surface area (Å²) in [6.45, 7) is 5.37. The fourth-order valence-corrected chi connectivity index (χ4v) is 3.36. The van der Waals surface area contributed by atoms with Crippen LogP contribution in [0.4, 0.5) is 5.82 Å². The van der Waals surface area contributed by atoms with Crippen molar-refractivity contribution in [2.45, 2.75) is 39.2 Å². The average Bonchev–Trinajstić information content (AvgIpc) is 3.20.